The molecule has 1 N–H and O–H groups in total. The van der Waals surface area contributed by atoms with E-state index in [1.54, 1.807) is 48.8 Å². The van der Waals surface area contributed by atoms with Crippen LogP contribution in [0.15, 0.2) is 72.0 Å². The fourth-order valence-electron chi connectivity index (χ4n) is 4.24. The molecule has 1 atom stereocenters. The molecule has 4 rings (SSSR count). The summed E-state index contributed by atoms with van der Waals surface area (Å²) < 4.78 is 27.4. The molecule has 0 spiro atoms. The molecule has 3 aromatic rings. The van der Waals surface area contributed by atoms with Crippen molar-refractivity contribution in [1.82, 2.24) is 9.88 Å². The maximum Gasteiger partial charge on any atom is 0.238 e. The van der Waals surface area contributed by atoms with Gasteiger partial charge in [-0.2, -0.15) is 0 Å². The number of pyridine rings is 1. The highest BCUT2D eigenvalue weighted by atomic mass is 35.5. The number of hydrogen-bond acceptors (Lipinski definition) is 6. The van der Waals surface area contributed by atoms with Crippen molar-refractivity contribution in [1.29, 1.82) is 0 Å². The summed E-state index contributed by atoms with van der Waals surface area (Å²) in [4.78, 5) is 24.0. The van der Waals surface area contributed by atoms with E-state index in [0.29, 0.717) is 47.3 Å². The fraction of sp³-hybridized carbons (Fsp3) is 0.296. The zero-order chi connectivity index (χ0) is 26.6. The van der Waals surface area contributed by atoms with E-state index in [1.165, 1.54) is 4.31 Å². The molecule has 0 radical (unpaired) electrons. The summed E-state index contributed by atoms with van der Waals surface area (Å²) in [5, 5.41) is 3.44. The average molecular weight is 540 g/mol. The lowest BCUT2D eigenvalue weighted by Crippen LogP contribution is -2.38. The molecule has 2 aromatic carbocycles. The van der Waals surface area contributed by atoms with E-state index in [1.807, 2.05) is 44.1 Å². The molecule has 1 unspecified atom stereocenters. The number of carbonyl (C=O) groups excluding carboxylic acids is 1. The Hall–Kier alpha value is -3.27. The van der Waals surface area contributed by atoms with Crippen LogP contribution in [-0.2, 0) is 14.8 Å². The first kappa shape index (κ1) is 26.8. The maximum atomic E-state index is 13.1. The van der Waals surface area contributed by atoms with Gasteiger partial charge in [0.05, 0.1) is 22.8 Å². The molecule has 0 saturated heterocycles. The summed E-state index contributed by atoms with van der Waals surface area (Å²) in [5.74, 6) is -0.743. The Labute approximate surface area is 223 Å². The number of aliphatic imine (C=N–C) groups is 1. The molecule has 10 heteroatoms. The van der Waals surface area contributed by atoms with Crippen LogP contribution in [0.25, 0.3) is 0 Å². The number of amides is 1. The van der Waals surface area contributed by atoms with E-state index in [9.17, 15) is 13.2 Å². The van der Waals surface area contributed by atoms with Crippen LogP contribution in [-0.4, -0.2) is 62.9 Å². The van der Waals surface area contributed by atoms with E-state index in [-0.39, 0.29) is 11.7 Å². The number of hydrogen-bond donors (Lipinski definition) is 1. The van der Waals surface area contributed by atoms with Crippen molar-refractivity contribution < 1.29 is 13.2 Å². The van der Waals surface area contributed by atoms with Crippen LogP contribution < -0.4 is 9.62 Å². The topological polar surface area (TPSA) is 95.0 Å². The van der Waals surface area contributed by atoms with Gasteiger partial charge in [0.2, 0.25) is 15.9 Å². The standard InChI is InChI=1S/C27H30ClN5O3S/c1-4-17-37(35,36)33(16-15-32(2)3)22-8-6-21(7-9-22)30-26(19-11-13-29-14-12-19)25-23-10-5-20(28)18-24(23)31-27(25)34/h5-14,18,25H,4,15-17H2,1-3H3,(H,31,34). The highest BCUT2D eigenvalue weighted by Gasteiger charge is 2.35. The number of nitrogens with one attached hydrogen (secondary N) is 1. The lowest BCUT2D eigenvalue weighted by atomic mass is 9.91. The third-order valence-electron chi connectivity index (χ3n) is 6.03. The molecule has 1 aliphatic rings. The molecule has 8 nitrogen and oxygen atoms in total. The molecule has 37 heavy (non-hydrogen) atoms. The van der Waals surface area contributed by atoms with Gasteiger partial charge in [-0.25, -0.2) is 8.42 Å². The lowest BCUT2D eigenvalue weighted by molar-refractivity contribution is -0.115. The van der Waals surface area contributed by atoms with Gasteiger partial charge < -0.3 is 10.2 Å². The minimum atomic E-state index is -3.46. The highest BCUT2D eigenvalue weighted by Crippen LogP contribution is 2.37. The van der Waals surface area contributed by atoms with Crippen LogP contribution in [0.3, 0.4) is 0 Å². The van der Waals surface area contributed by atoms with Crippen molar-refractivity contribution in [3.63, 3.8) is 0 Å². The van der Waals surface area contributed by atoms with Gasteiger partial charge in [0, 0.05) is 41.8 Å². The van der Waals surface area contributed by atoms with E-state index in [2.05, 4.69) is 10.3 Å². The van der Waals surface area contributed by atoms with E-state index < -0.39 is 15.9 Å². The number of aromatic nitrogens is 1. The summed E-state index contributed by atoms with van der Waals surface area (Å²) >= 11 is 6.14. The molecule has 0 bridgehead atoms. The molecular weight excluding hydrogens is 510 g/mol. The predicted octanol–water partition coefficient (Wildman–Crippen LogP) is 4.70. The van der Waals surface area contributed by atoms with Gasteiger partial charge in [0.1, 0.15) is 5.92 Å². The van der Waals surface area contributed by atoms with Gasteiger partial charge in [-0.15, -0.1) is 0 Å². The first-order valence-corrected chi connectivity index (χ1v) is 14.0. The molecule has 194 valence electrons. The number of nitrogens with zero attached hydrogens (tertiary/aromatic N) is 4. The SMILES string of the molecule is CCCS(=O)(=O)N(CCN(C)C)c1ccc(N=C(c2ccncc2)C2C(=O)Nc3cc(Cl)ccc32)cc1. The normalized spacial score (nSPS) is 15.5. The van der Waals surface area contributed by atoms with Gasteiger partial charge in [-0.3, -0.25) is 19.1 Å². The van der Waals surface area contributed by atoms with E-state index in [0.717, 1.165) is 11.1 Å². The Morgan fingerprint density at radius 2 is 1.76 bits per heavy atom. The number of fused-ring (bicyclic) bond motifs is 1. The third-order valence-corrected chi connectivity index (χ3v) is 8.26. The second-order valence-electron chi connectivity index (χ2n) is 9.09. The summed E-state index contributed by atoms with van der Waals surface area (Å²) in [6, 6.07) is 16.0. The summed E-state index contributed by atoms with van der Waals surface area (Å²) in [6.07, 6.45) is 3.85. The van der Waals surface area contributed by atoms with Crippen molar-refractivity contribution in [3.05, 3.63) is 83.1 Å². The van der Waals surface area contributed by atoms with Crippen molar-refractivity contribution in [2.75, 3.05) is 42.6 Å². The summed E-state index contributed by atoms with van der Waals surface area (Å²) in [5.41, 5.74) is 3.97. The first-order valence-electron chi connectivity index (χ1n) is 12.0. The van der Waals surface area contributed by atoms with Crippen LogP contribution in [0.5, 0.6) is 0 Å². The second kappa shape index (κ2) is 11.4. The average Bonchev–Trinajstić information content (AvgIpc) is 3.18. The lowest BCUT2D eigenvalue weighted by Gasteiger charge is -2.26. The van der Waals surface area contributed by atoms with E-state index in [4.69, 9.17) is 16.6 Å². The Kier molecular flexibility index (Phi) is 8.26. The van der Waals surface area contributed by atoms with Crippen molar-refractivity contribution in [2.24, 2.45) is 4.99 Å². The number of halogens is 1. The summed E-state index contributed by atoms with van der Waals surface area (Å²) in [7, 11) is 0.365. The smallest absolute Gasteiger partial charge is 0.238 e. The zero-order valence-corrected chi connectivity index (χ0v) is 22.6. The van der Waals surface area contributed by atoms with Crippen molar-refractivity contribution in [3.8, 4) is 0 Å². The molecule has 2 heterocycles. The van der Waals surface area contributed by atoms with Gasteiger partial charge in [-0.05, 0) is 74.6 Å². The van der Waals surface area contributed by atoms with Crippen molar-refractivity contribution >= 4 is 50.3 Å². The van der Waals surface area contributed by atoms with Crippen LogP contribution in [0.2, 0.25) is 5.02 Å². The maximum absolute atomic E-state index is 13.1. The highest BCUT2D eigenvalue weighted by molar-refractivity contribution is 7.92. The van der Waals surface area contributed by atoms with Gasteiger partial charge in [0.15, 0.2) is 0 Å². The largest absolute Gasteiger partial charge is 0.325 e. The number of likely N-dealkylation sites (N-methyl/N-ethyl adjacent to an activating group) is 1. The molecule has 1 aliphatic heterocycles. The van der Waals surface area contributed by atoms with Crippen molar-refractivity contribution in [2.45, 2.75) is 19.3 Å². The molecule has 0 aliphatic carbocycles. The van der Waals surface area contributed by atoms with Gasteiger partial charge >= 0.3 is 0 Å². The van der Waals surface area contributed by atoms with Crippen LogP contribution >= 0.6 is 11.6 Å². The summed E-state index contributed by atoms with van der Waals surface area (Å²) in [6.45, 7) is 2.79. The second-order valence-corrected chi connectivity index (χ2v) is 11.5. The van der Waals surface area contributed by atoms with Gasteiger partial charge in [0.25, 0.3) is 0 Å². The third kappa shape index (κ3) is 6.18. The van der Waals surface area contributed by atoms with E-state index >= 15 is 0 Å². The Balaban J connectivity index is 1.73. The van der Waals surface area contributed by atoms with Gasteiger partial charge in [-0.1, -0.05) is 24.6 Å². The Morgan fingerprint density at radius 1 is 1.05 bits per heavy atom. The molecule has 0 saturated carbocycles. The number of sulfonamides is 1. The molecule has 1 amide bonds. The number of rotatable bonds is 10. The van der Waals surface area contributed by atoms with Crippen LogP contribution in [0.4, 0.5) is 17.1 Å². The monoisotopic (exact) mass is 539 g/mol. The first-order chi connectivity index (χ1) is 17.7. The molecule has 0 fully saturated rings. The quantitative estimate of drug-likeness (QED) is 0.377. The number of anilines is 2. The van der Waals surface area contributed by atoms with Crippen LogP contribution in [0.1, 0.15) is 30.4 Å². The minimum Gasteiger partial charge on any atom is -0.325 e. The number of carbonyl (C=O) groups is 1. The Morgan fingerprint density at radius 3 is 2.41 bits per heavy atom. The minimum absolute atomic E-state index is 0.0761. The zero-order valence-electron chi connectivity index (χ0n) is 21.1. The Bertz CT molecular complexity index is 1390. The fourth-order valence-corrected chi connectivity index (χ4v) is 5.96. The number of benzene rings is 2. The predicted molar refractivity (Wildman–Crippen MR) is 150 cm³/mol. The molecular formula is C27H30ClN5O3S. The van der Waals surface area contributed by atoms with Crippen LogP contribution in [0, 0.1) is 0 Å². The molecule has 1 aromatic heterocycles.